The fourth-order valence-electron chi connectivity index (χ4n) is 2.07. The molecular weight excluding hydrogens is 389 g/mol. The molecule has 1 aromatic carbocycles. The third-order valence-corrected chi connectivity index (χ3v) is 3.55. The molecule has 11 heteroatoms. The molecule has 2 aromatic rings. The van der Waals surface area contributed by atoms with Crippen LogP contribution in [0.3, 0.4) is 0 Å². The Morgan fingerprint density at radius 2 is 1.89 bits per heavy atom. The fraction of sp³-hybridized carbons (Fsp3) is 0.294. The van der Waals surface area contributed by atoms with Crippen LogP contribution in [0.25, 0.3) is 0 Å². The van der Waals surface area contributed by atoms with Gasteiger partial charge in [0.15, 0.2) is 23.5 Å². The summed E-state index contributed by atoms with van der Waals surface area (Å²) in [5.41, 5.74) is 0. The van der Waals surface area contributed by atoms with E-state index in [1.54, 1.807) is 0 Å². The minimum Gasteiger partial charge on any atom is -0.450 e. The number of amides is 2. The first-order valence-electron chi connectivity index (χ1n) is 8.00. The second-order valence-corrected chi connectivity index (χ2v) is 5.56. The maximum Gasteiger partial charge on any atom is 0.416 e. The first kappa shape index (κ1) is 21.4. The number of ether oxygens (including phenoxy) is 1. The number of carbonyl (C=O) groups excluding carboxylic acids is 1. The summed E-state index contributed by atoms with van der Waals surface area (Å²) >= 11 is 0. The number of aliphatic hydroxyl groups excluding tert-OH is 1. The van der Waals surface area contributed by atoms with Crippen LogP contribution in [0.4, 0.5) is 32.6 Å². The Morgan fingerprint density at radius 3 is 2.39 bits per heavy atom. The lowest BCUT2D eigenvalue weighted by molar-refractivity contribution is -0.206. The third kappa shape index (κ3) is 5.52. The summed E-state index contributed by atoms with van der Waals surface area (Å²) in [6, 6.07) is 4.77. The number of hydrogen-bond donors (Lipinski definition) is 2. The summed E-state index contributed by atoms with van der Waals surface area (Å²) in [5.74, 6) is -2.52. The molecule has 0 saturated carbocycles. The standard InChI is InChI=1S/C17H16F5N3O3/c1-2-25(9-13(26)17(20,21)22)16(27)24-14-7-6-10(8-23-14)28-15-11(18)4-3-5-12(15)19/h3-8,13,26H,2,9H2,1H3,(H,23,24,27)/t13-/m1/s1. The molecule has 0 saturated heterocycles. The normalized spacial score (nSPS) is 12.4. The topological polar surface area (TPSA) is 74.7 Å². The molecular formula is C17H16F5N3O3. The van der Waals surface area contributed by atoms with Gasteiger partial charge in [-0.1, -0.05) is 6.07 Å². The Labute approximate surface area is 156 Å². The van der Waals surface area contributed by atoms with E-state index in [0.29, 0.717) is 0 Å². The zero-order valence-corrected chi connectivity index (χ0v) is 14.5. The minimum absolute atomic E-state index is 0.0261. The highest BCUT2D eigenvalue weighted by Gasteiger charge is 2.39. The maximum absolute atomic E-state index is 13.6. The van der Waals surface area contributed by atoms with Gasteiger partial charge in [-0.3, -0.25) is 5.32 Å². The molecule has 1 atom stereocenters. The number of aliphatic hydroxyl groups is 1. The Hall–Kier alpha value is -2.95. The summed E-state index contributed by atoms with van der Waals surface area (Å²) < 4.78 is 69.5. The first-order chi connectivity index (χ1) is 13.1. The second kappa shape index (κ2) is 8.83. The summed E-state index contributed by atoms with van der Waals surface area (Å²) in [4.78, 5) is 16.6. The highest BCUT2D eigenvalue weighted by atomic mass is 19.4. The van der Waals surface area contributed by atoms with Crippen LogP contribution in [0.2, 0.25) is 0 Å². The van der Waals surface area contributed by atoms with E-state index in [1.165, 1.54) is 25.1 Å². The van der Waals surface area contributed by atoms with Crippen LogP contribution >= 0.6 is 0 Å². The van der Waals surface area contributed by atoms with Gasteiger partial charge < -0.3 is 14.7 Å². The van der Waals surface area contributed by atoms with Crippen molar-refractivity contribution < 1.29 is 36.6 Å². The van der Waals surface area contributed by atoms with E-state index in [1.807, 2.05) is 0 Å². The number of likely N-dealkylation sites (N-methyl/N-ethyl adjacent to an activating group) is 1. The number of carbonyl (C=O) groups is 1. The number of anilines is 1. The molecule has 1 aromatic heterocycles. The van der Waals surface area contributed by atoms with E-state index >= 15 is 0 Å². The molecule has 1 heterocycles. The lowest BCUT2D eigenvalue weighted by Crippen LogP contribution is -2.45. The highest BCUT2D eigenvalue weighted by Crippen LogP contribution is 2.27. The van der Waals surface area contributed by atoms with Gasteiger partial charge in [0.2, 0.25) is 0 Å². The Kier molecular flexibility index (Phi) is 6.73. The summed E-state index contributed by atoms with van der Waals surface area (Å²) in [6.07, 6.45) is -6.47. The van der Waals surface area contributed by atoms with Crippen LogP contribution in [0.1, 0.15) is 6.92 Å². The maximum atomic E-state index is 13.6. The minimum atomic E-state index is -4.85. The van der Waals surface area contributed by atoms with Gasteiger partial charge in [-0.25, -0.2) is 18.6 Å². The molecule has 0 radical (unpaired) electrons. The Balaban J connectivity index is 2.02. The van der Waals surface area contributed by atoms with Crippen molar-refractivity contribution in [3.63, 3.8) is 0 Å². The second-order valence-electron chi connectivity index (χ2n) is 5.56. The van der Waals surface area contributed by atoms with Crippen molar-refractivity contribution in [2.45, 2.75) is 19.2 Å². The van der Waals surface area contributed by atoms with E-state index in [-0.39, 0.29) is 18.1 Å². The number of urea groups is 1. The van der Waals surface area contributed by atoms with Crippen molar-refractivity contribution in [2.75, 3.05) is 18.4 Å². The van der Waals surface area contributed by atoms with Crippen LogP contribution in [0.15, 0.2) is 36.5 Å². The average molecular weight is 405 g/mol. The Morgan fingerprint density at radius 1 is 1.25 bits per heavy atom. The lowest BCUT2D eigenvalue weighted by Gasteiger charge is -2.25. The van der Waals surface area contributed by atoms with E-state index in [4.69, 9.17) is 9.84 Å². The van der Waals surface area contributed by atoms with E-state index in [2.05, 4.69) is 10.3 Å². The van der Waals surface area contributed by atoms with Crippen molar-refractivity contribution in [1.82, 2.24) is 9.88 Å². The smallest absolute Gasteiger partial charge is 0.416 e. The molecule has 0 fully saturated rings. The molecule has 2 amide bonds. The number of rotatable bonds is 6. The number of aromatic nitrogens is 1. The molecule has 0 aliphatic carbocycles. The van der Waals surface area contributed by atoms with Crippen molar-refractivity contribution in [2.24, 2.45) is 0 Å². The molecule has 6 nitrogen and oxygen atoms in total. The molecule has 0 spiro atoms. The molecule has 0 unspecified atom stereocenters. The SMILES string of the molecule is CCN(C[C@@H](O)C(F)(F)F)C(=O)Nc1ccc(Oc2c(F)cccc2F)cn1. The summed E-state index contributed by atoms with van der Waals surface area (Å²) in [7, 11) is 0. The van der Waals surface area contributed by atoms with E-state index < -0.39 is 42.2 Å². The van der Waals surface area contributed by atoms with Gasteiger partial charge in [0, 0.05) is 6.54 Å². The number of alkyl halides is 3. The molecule has 0 aliphatic heterocycles. The molecule has 0 bridgehead atoms. The zero-order chi connectivity index (χ0) is 20.9. The van der Waals surface area contributed by atoms with Crippen molar-refractivity contribution >= 4 is 11.8 Å². The number of pyridine rings is 1. The van der Waals surface area contributed by atoms with Gasteiger partial charge in [-0.2, -0.15) is 13.2 Å². The van der Waals surface area contributed by atoms with Crippen molar-refractivity contribution in [3.05, 3.63) is 48.2 Å². The van der Waals surface area contributed by atoms with Gasteiger partial charge in [0.05, 0.1) is 12.7 Å². The van der Waals surface area contributed by atoms with Gasteiger partial charge in [0.25, 0.3) is 0 Å². The van der Waals surface area contributed by atoms with E-state index in [0.717, 1.165) is 23.2 Å². The van der Waals surface area contributed by atoms with Gasteiger partial charge in [0.1, 0.15) is 11.6 Å². The first-order valence-corrected chi connectivity index (χ1v) is 8.00. The molecule has 0 aliphatic rings. The summed E-state index contributed by atoms with van der Waals surface area (Å²) in [5, 5.41) is 11.3. The zero-order valence-electron chi connectivity index (χ0n) is 14.5. The molecule has 2 rings (SSSR count). The van der Waals surface area contributed by atoms with Crippen molar-refractivity contribution in [1.29, 1.82) is 0 Å². The average Bonchev–Trinajstić information content (AvgIpc) is 2.63. The van der Waals surface area contributed by atoms with Crippen LogP contribution in [-0.2, 0) is 0 Å². The van der Waals surface area contributed by atoms with Gasteiger partial charge in [-0.05, 0) is 31.2 Å². The third-order valence-electron chi connectivity index (χ3n) is 3.55. The van der Waals surface area contributed by atoms with Gasteiger partial charge in [-0.15, -0.1) is 0 Å². The summed E-state index contributed by atoms with van der Waals surface area (Å²) in [6.45, 7) is 0.405. The molecule has 28 heavy (non-hydrogen) atoms. The number of nitrogens with one attached hydrogen (secondary N) is 1. The van der Waals surface area contributed by atoms with Crippen LogP contribution in [-0.4, -0.2) is 46.4 Å². The quantitative estimate of drug-likeness (QED) is 0.715. The Bertz CT molecular complexity index is 794. The fourth-order valence-corrected chi connectivity index (χ4v) is 2.07. The highest BCUT2D eigenvalue weighted by molar-refractivity contribution is 5.88. The molecule has 152 valence electrons. The lowest BCUT2D eigenvalue weighted by atomic mass is 10.3. The number of nitrogens with zero attached hydrogens (tertiary/aromatic N) is 2. The largest absolute Gasteiger partial charge is 0.450 e. The number of hydrogen-bond acceptors (Lipinski definition) is 4. The number of benzene rings is 1. The van der Waals surface area contributed by atoms with Crippen LogP contribution in [0.5, 0.6) is 11.5 Å². The predicted octanol–water partition coefficient (Wildman–Crippen LogP) is 3.93. The molecule has 2 N–H and O–H groups in total. The van der Waals surface area contributed by atoms with Crippen LogP contribution < -0.4 is 10.1 Å². The predicted molar refractivity (Wildman–Crippen MR) is 89.0 cm³/mol. The number of para-hydroxylation sites is 1. The monoisotopic (exact) mass is 405 g/mol. The van der Waals surface area contributed by atoms with Crippen molar-refractivity contribution in [3.8, 4) is 11.5 Å². The van der Waals surface area contributed by atoms with Gasteiger partial charge >= 0.3 is 12.2 Å². The van der Waals surface area contributed by atoms with E-state index in [9.17, 15) is 26.7 Å². The van der Waals surface area contributed by atoms with Crippen LogP contribution in [0, 0.1) is 11.6 Å². The number of halogens is 5.